The van der Waals surface area contributed by atoms with Gasteiger partial charge in [-0.3, -0.25) is 19.3 Å². The summed E-state index contributed by atoms with van der Waals surface area (Å²) in [6.07, 6.45) is 7.42. The normalized spacial score (nSPS) is 26.5. The van der Waals surface area contributed by atoms with Gasteiger partial charge in [0, 0.05) is 32.0 Å². The highest BCUT2D eigenvalue weighted by Gasteiger charge is 2.47. The Morgan fingerprint density at radius 1 is 1.10 bits per heavy atom. The minimum absolute atomic E-state index is 0.0226. The topological polar surface area (TPSA) is 70.6 Å². The predicted molar refractivity (Wildman–Crippen MR) is 115 cm³/mol. The van der Waals surface area contributed by atoms with Crippen molar-refractivity contribution < 1.29 is 14.4 Å². The molecule has 1 aromatic carbocycles. The Labute approximate surface area is 179 Å². The molecule has 0 spiro atoms. The fourth-order valence-electron chi connectivity index (χ4n) is 4.92. The van der Waals surface area contributed by atoms with Crippen molar-refractivity contribution in [2.45, 2.75) is 38.0 Å². The van der Waals surface area contributed by atoms with Crippen LogP contribution in [0.3, 0.4) is 0 Å². The number of imide groups is 1. The molecule has 156 valence electrons. The summed E-state index contributed by atoms with van der Waals surface area (Å²) in [7, 11) is 0. The number of rotatable bonds is 4. The zero-order valence-corrected chi connectivity index (χ0v) is 17.6. The Balaban J connectivity index is 1.21. The molecule has 2 aromatic rings. The van der Waals surface area contributed by atoms with E-state index in [1.54, 1.807) is 11.3 Å². The Morgan fingerprint density at radius 3 is 2.57 bits per heavy atom. The maximum Gasteiger partial charge on any atom is 0.233 e. The average molecular weight is 424 g/mol. The molecular weight excluding hydrogens is 398 g/mol. The number of amides is 3. The minimum Gasteiger partial charge on any atom is -0.342 e. The maximum absolute atomic E-state index is 12.9. The Bertz CT molecular complexity index is 971. The Morgan fingerprint density at radius 2 is 1.83 bits per heavy atom. The van der Waals surface area contributed by atoms with Gasteiger partial charge < -0.3 is 4.90 Å². The second-order valence-corrected chi connectivity index (χ2v) is 9.49. The van der Waals surface area contributed by atoms with Crippen LogP contribution in [0.4, 0.5) is 0 Å². The van der Waals surface area contributed by atoms with E-state index in [4.69, 9.17) is 4.98 Å². The monoisotopic (exact) mass is 423 g/mol. The molecule has 30 heavy (non-hydrogen) atoms. The average Bonchev–Trinajstić information content (AvgIpc) is 3.32. The number of benzene rings is 1. The first-order valence-electron chi connectivity index (χ1n) is 10.8. The van der Waals surface area contributed by atoms with Crippen LogP contribution in [0.5, 0.6) is 0 Å². The molecule has 0 saturated carbocycles. The van der Waals surface area contributed by atoms with Crippen LogP contribution in [-0.4, -0.2) is 52.1 Å². The molecule has 7 heteroatoms. The number of carbonyl (C=O) groups excluding carboxylic acids is 3. The number of fused-ring (bicyclic) bond motifs is 2. The zero-order valence-electron chi connectivity index (χ0n) is 16.8. The SMILES string of the molecule is O=C(CCN1C(=O)[C@H]2CC=CC[C@H]2C1=O)N1CCC[C@H](c2nc3ccccc3s2)C1. The standard InChI is InChI=1S/C23H25N3O3S/c27-20(11-13-26-22(28)16-7-1-2-8-17(16)23(26)29)25-12-5-6-15(14-25)21-24-18-9-3-4-10-19(18)30-21/h1-4,9-10,15-17H,5-8,11-14H2/t15-,16-,17+/m0/s1. The van der Waals surface area contributed by atoms with E-state index in [2.05, 4.69) is 6.07 Å². The summed E-state index contributed by atoms with van der Waals surface area (Å²) in [4.78, 5) is 46.1. The number of allylic oxidation sites excluding steroid dienone is 2. The van der Waals surface area contributed by atoms with E-state index in [1.165, 1.54) is 9.60 Å². The number of para-hydroxylation sites is 1. The molecule has 2 saturated heterocycles. The van der Waals surface area contributed by atoms with Crippen LogP contribution in [0.15, 0.2) is 36.4 Å². The molecule has 2 fully saturated rings. The van der Waals surface area contributed by atoms with Crippen LogP contribution in [-0.2, 0) is 14.4 Å². The highest BCUT2D eigenvalue weighted by atomic mass is 32.1. The summed E-state index contributed by atoms with van der Waals surface area (Å²) >= 11 is 1.71. The highest BCUT2D eigenvalue weighted by Crippen LogP contribution is 2.36. The number of hydrogen-bond donors (Lipinski definition) is 0. The molecule has 0 bridgehead atoms. The second-order valence-electron chi connectivity index (χ2n) is 8.43. The summed E-state index contributed by atoms with van der Waals surface area (Å²) in [6, 6.07) is 8.13. The van der Waals surface area contributed by atoms with E-state index in [9.17, 15) is 14.4 Å². The first kappa shape index (κ1) is 19.4. The quantitative estimate of drug-likeness (QED) is 0.559. The lowest BCUT2D eigenvalue weighted by atomic mass is 9.85. The van der Waals surface area contributed by atoms with Crippen LogP contribution < -0.4 is 0 Å². The fraction of sp³-hybridized carbons (Fsp3) is 0.478. The van der Waals surface area contributed by atoms with E-state index < -0.39 is 0 Å². The number of piperidine rings is 1. The molecule has 0 unspecified atom stereocenters. The lowest BCUT2D eigenvalue weighted by molar-refractivity contribution is -0.141. The van der Waals surface area contributed by atoms with Crippen molar-refractivity contribution in [3.05, 3.63) is 41.4 Å². The predicted octanol–water partition coefficient (Wildman–Crippen LogP) is 3.34. The van der Waals surface area contributed by atoms with E-state index in [-0.39, 0.29) is 48.4 Å². The second kappa shape index (κ2) is 7.95. The van der Waals surface area contributed by atoms with Crippen LogP contribution in [0, 0.1) is 11.8 Å². The van der Waals surface area contributed by atoms with Crippen LogP contribution >= 0.6 is 11.3 Å². The van der Waals surface area contributed by atoms with Gasteiger partial charge in [0.1, 0.15) is 0 Å². The molecule has 5 rings (SSSR count). The number of thiazole rings is 1. The lowest BCUT2D eigenvalue weighted by Crippen LogP contribution is -2.41. The van der Waals surface area contributed by atoms with Crippen molar-refractivity contribution in [2.75, 3.05) is 19.6 Å². The van der Waals surface area contributed by atoms with Crippen molar-refractivity contribution >= 4 is 39.3 Å². The summed E-state index contributed by atoms with van der Waals surface area (Å²) < 4.78 is 1.18. The van der Waals surface area contributed by atoms with E-state index in [0.717, 1.165) is 29.9 Å². The van der Waals surface area contributed by atoms with E-state index in [0.29, 0.717) is 19.4 Å². The van der Waals surface area contributed by atoms with E-state index >= 15 is 0 Å². The molecule has 0 N–H and O–H groups in total. The molecule has 3 aliphatic rings. The highest BCUT2D eigenvalue weighted by molar-refractivity contribution is 7.18. The number of nitrogens with zero attached hydrogens (tertiary/aromatic N) is 3. The molecular formula is C23H25N3O3S. The van der Waals surface area contributed by atoms with Gasteiger partial charge in [0.25, 0.3) is 0 Å². The van der Waals surface area contributed by atoms with Crippen molar-refractivity contribution in [1.29, 1.82) is 0 Å². The molecule has 6 nitrogen and oxygen atoms in total. The number of aromatic nitrogens is 1. The first-order valence-corrected chi connectivity index (χ1v) is 11.6. The molecule has 3 atom stereocenters. The molecule has 3 amide bonds. The van der Waals surface area contributed by atoms with Crippen LogP contribution in [0.1, 0.15) is 43.0 Å². The van der Waals surface area contributed by atoms with Gasteiger partial charge in [0.2, 0.25) is 17.7 Å². The minimum atomic E-state index is -0.226. The summed E-state index contributed by atoms with van der Waals surface area (Å²) in [6.45, 7) is 1.60. The van der Waals surface area contributed by atoms with Gasteiger partial charge in [-0.2, -0.15) is 0 Å². The fourth-order valence-corrected chi connectivity index (χ4v) is 6.02. The Hall–Kier alpha value is -2.54. The lowest BCUT2D eigenvalue weighted by Gasteiger charge is -2.32. The van der Waals surface area contributed by atoms with Gasteiger partial charge in [-0.15, -0.1) is 11.3 Å². The number of carbonyl (C=O) groups is 3. The van der Waals surface area contributed by atoms with Crippen LogP contribution in [0.25, 0.3) is 10.2 Å². The van der Waals surface area contributed by atoms with Gasteiger partial charge >= 0.3 is 0 Å². The van der Waals surface area contributed by atoms with Crippen LogP contribution in [0.2, 0.25) is 0 Å². The molecule has 0 radical (unpaired) electrons. The maximum atomic E-state index is 12.9. The summed E-state index contributed by atoms with van der Waals surface area (Å²) in [5.74, 6) is -0.383. The van der Waals surface area contributed by atoms with Gasteiger partial charge in [0.15, 0.2) is 0 Å². The Kier molecular flexibility index (Phi) is 5.15. The van der Waals surface area contributed by atoms with Crippen molar-refractivity contribution in [3.8, 4) is 0 Å². The van der Waals surface area contributed by atoms with Gasteiger partial charge in [-0.1, -0.05) is 24.3 Å². The van der Waals surface area contributed by atoms with Gasteiger partial charge in [-0.25, -0.2) is 4.98 Å². The van der Waals surface area contributed by atoms with Gasteiger partial charge in [-0.05, 0) is 37.8 Å². The summed E-state index contributed by atoms with van der Waals surface area (Å²) in [5.41, 5.74) is 1.02. The molecule has 2 aliphatic heterocycles. The smallest absolute Gasteiger partial charge is 0.233 e. The molecule has 1 aromatic heterocycles. The van der Waals surface area contributed by atoms with Crippen molar-refractivity contribution in [1.82, 2.24) is 14.8 Å². The van der Waals surface area contributed by atoms with E-state index in [1.807, 2.05) is 35.3 Å². The third kappa shape index (κ3) is 3.45. The molecule has 1 aliphatic carbocycles. The zero-order chi connectivity index (χ0) is 20.7. The van der Waals surface area contributed by atoms with Crippen molar-refractivity contribution in [3.63, 3.8) is 0 Å². The number of likely N-dealkylation sites (tertiary alicyclic amines) is 2. The summed E-state index contributed by atoms with van der Waals surface area (Å²) in [5, 5.41) is 1.09. The van der Waals surface area contributed by atoms with Gasteiger partial charge in [0.05, 0.1) is 27.1 Å². The third-order valence-corrected chi connectivity index (χ3v) is 7.78. The first-order chi connectivity index (χ1) is 14.6. The number of hydrogen-bond acceptors (Lipinski definition) is 5. The third-order valence-electron chi connectivity index (χ3n) is 6.58. The molecule has 3 heterocycles. The van der Waals surface area contributed by atoms with Crippen molar-refractivity contribution in [2.24, 2.45) is 11.8 Å². The largest absolute Gasteiger partial charge is 0.342 e.